The molecular formula is C19H21N7. The van der Waals surface area contributed by atoms with E-state index in [2.05, 4.69) is 50.1 Å². The van der Waals surface area contributed by atoms with Gasteiger partial charge in [0.15, 0.2) is 5.82 Å². The topological polar surface area (TPSA) is 82.9 Å². The maximum Gasteiger partial charge on any atom is 0.200 e. The number of aromatic amines is 1. The largest absolute Gasteiger partial charge is 0.379 e. The molecular weight excluding hydrogens is 326 g/mol. The van der Waals surface area contributed by atoms with Gasteiger partial charge in [-0.25, -0.2) is 0 Å². The quantitative estimate of drug-likeness (QED) is 0.531. The van der Waals surface area contributed by atoms with E-state index in [0.29, 0.717) is 6.04 Å². The average molecular weight is 347 g/mol. The Labute approximate surface area is 150 Å². The fraction of sp³-hybridized carbons (Fsp3) is 0.316. The highest BCUT2D eigenvalue weighted by atomic mass is 15.4. The summed E-state index contributed by atoms with van der Waals surface area (Å²) in [5, 5.41) is 21.5. The van der Waals surface area contributed by atoms with E-state index >= 15 is 0 Å². The van der Waals surface area contributed by atoms with Crippen molar-refractivity contribution >= 4 is 22.2 Å². The smallest absolute Gasteiger partial charge is 0.200 e. The Morgan fingerprint density at radius 1 is 1.12 bits per heavy atom. The number of hydrogen-bond donors (Lipinski definition) is 3. The number of fused-ring (bicyclic) bond motifs is 2. The lowest BCUT2D eigenvalue weighted by atomic mass is 10.1. The molecule has 1 fully saturated rings. The third-order valence-electron chi connectivity index (χ3n) is 5.03. The Kier molecular flexibility index (Phi) is 3.60. The Hall–Kier alpha value is -2.93. The van der Waals surface area contributed by atoms with Gasteiger partial charge in [0, 0.05) is 16.9 Å². The number of H-pyrrole nitrogens is 1. The number of benzene rings is 1. The van der Waals surface area contributed by atoms with Gasteiger partial charge in [0.2, 0.25) is 5.65 Å². The van der Waals surface area contributed by atoms with E-state index in [9.17, 15) is 0 Å². The van der Waals surface area contributed by atoms with E-state index in [1.54, 1.807) is 0 Å². The molecule has 1 aliphatic heterocycles. The molecule has 0 aliphatic carbocycles. The molecule has 26 heavy (non-hydrogen) atoms. The Bertz CT molecular complexity index is 1040. The first-order chi connectivity index (χ1) is 12.8. The lowest BCUT2D eigenvalue weighted by Gasteiger charge is -2.24. The molecule has 7 nitrogen and oxygen atoms in total. The van der Waals surface area contributed by atoms with E-state index in [1.807, 2.05) is 23.6 Å². The van der Waals surface area contributed by atoms with Crippen molar-refractivity contribution in [3.8, 4) is 11.4 Å². The molecule has 1 saturated heterocycles. The third kappa shape index (κ3) is 2.61. The molecule has 7 heteroatoms. The van der Waals surface area contributed by atoms with Crippen LogP contribution in [0.4, 0.5) is 5.69 Å². The van der Waals surface area contributed by atoms with Crippen LogP contribution < -0.4 is 10.6 Å². The van der Waals surface area contributed by atoms with Crippen LogP contribution in [0.2, 0.25) is 0 Å². The summed E-state index contributed by atoms with van der Waals surface area (Å²) in [6.45, 7) is 4.01. The van der Waals surface area contributed by atoms with Crippen molar-refractivity contribution in [1.29, 1.82) is 0 Å². The van der Waals surface area contributed by atoms with Crippen molar-refractivity contribution < 1.29 is 0 Å². The molecule has 0 saturated carbocycles. The van der Waals surface area contributed by atoms with Crippen molar-refractivity contribution in [2.24, 2.45) is 0 Å². The van der Waals surface area contributed by atoms with Crippen LogP contribution in [0.1, 0.15) is 18.7 Å². The van der Waals surface area contributed by atoms with Gasteiger partial charge in [-0.15, -0.1) is 10.2 Å². The summed E-state index contributed by atoms with van der Waals surface area (Å²) in [5.74, 6) is 0.784. The van der Waals surface area contributed by atoms with Crippen molar-refractivity contribution in [2.75, 3.05) is 18.4 Å². The Morgan fingerprint density at radius 2 is 1.96 bits per heavy atom. The summed E-state index contributed by atoms with van der Waals surface area (Å²) >= 11 is 0. The van der Waals surface area contributed by atoms with Gasteiger partial charge in [0.25, 0.3) is 0 Å². The van der Waals surface area contributed by atoms with Crippen LogP contribution in [0, 0.1) is 6.92 Å². The SMILES string of the molecule is Cc1nnc2c(NC3CCNCC3)cc(-c3cc4ccccc4[nH]3)nn12. The molecule has 5 rings (SSSR count). The molecule has 0 unspecified atom stereocenters. The second-order valence-corrected chi connectivity index (χ2v) is 6.86. The maximum absolute atomic E-state index is 4.76. The zero-order chi connectivity index (χ0) is 17.5. The molecule has 0 radical (unpaired) electrons. The van der Waals surface area contributed by atoms with Crippen molar-refractivity contribution in [3.63, 3.8) is 0 Å². The number of aromatic nitrogens is 5. The zero-order valence-electron chi connectivity index (χ0n) is 14.7. The molecule has 0 atom stereocenters. The number of para-hydroxylation sites is 1. The fourth-order valence-electron chi connectivity index (χ4n) is 3.62. The lowest BCUT2D eigenvalue weighted by Crippen LogP contribution is -2.35. The average Bonchev–Trinajstić information content (AvgIpc) is 3.27. The van der Waals surface area contributed by atoms with E-state index in [1.165, 1.54) is 5.39 Å². The Balaban J connectivity index is 1.61. The molecule has 0 spiro atoms. The molecule has 132 valence electrons. The van der Waals surface area contributed by atoms with Gasteiger partial charge in [-0.05, 0) is 51.1 Å². The zero-order valence-corrected chi connectivity index (χ0v) is 14.7. The highest BCUT2D eigenvalue weighted by molar-refractivity contribution is 5.86. The van der Waals surface area contributed by atoms with E-state index in [4.69, 9.17) is 5.10 Å². The van der Waals surface area contributed by atoms with Crippen molar-refractivity contribution in [1.82, 2.24) is 30.1 Å². The molecule has 0 bridgehead atoms. The summed E-state index contributed by atoms with van der Waals surface area (Å²) in [6.07, 6.45) is 2.20. The highest BCUT2D eigenvalue weighted by Gasteiger charge is 2.18. The molecule has 4 heterocycles. The normalized spacial score (nSPS) is 15.7. The lowest BCUT2D eigenvalue weighted by molar-refractivity contribution is 0.479. The van der Waals surface area contributed by atoms with Crippen LogP contribution in [0.5, 0.6) is 0 Å². The molecule has 1 aromatic carbocycles. The van der Waals surface area contributed by atoms with Gasteiger partial charge in [-0.1, -0.05) is 18.2 Å². The highest BCUT2D eigenvalue weighted by Crippen LogP contribution is 2.27. The predicted molar refractivity (Wildman–Crippen MR) is 102 cm³/mol. The summed E-state index contributed by atoms with van der Waals surface area (Å²) in [4.78, 5) is 3.46. The van der Waals surface area contributed by atoms with Crippen LogP contribution in [0.15, 0.2) is 36.4 Å². The maximum atomic E-state index is 4.76. The number of anilines is 1. The molecule has 3 aromatic heterocycles. The van der Waals surface area contributed by atoms with Crippen LogP contribution in [-0.4, -0.2) is 43.9 Å². The van der Waals surface area contributed by atoms with Gasteiger partial charge in [-0.3, -0.25) is 0 Å². The first-order valence-corrected chi connectivity index (χ1v) is 9.06. The van der Waals surface area contributed by atoms with E-state index in [-0.39, 0.29) is 0 Å². The van der Waals surface area contributed by atoms with Gasteiger partial charge in [0.05, 0.1) is 11.4 Å². The van der Waals surface area contributed by atoms with Gasteiger partial charge in [-0.2, -0.15) is 9.61 Å². The summed E-state index contributed by atoms with van der Waals surface area (Å²) in [6, 6.07) is 12.9. The number of piperidine rings is 1. The summed E-state index contributed by atoms with van der Waals surface area (Å²) in [7, 11) is 0. The number of nitrogens with zero attached hydrogens (tertiary/aromatic N) is 4. The van der Waals surface area contributed by atoms with Gasteiger partial charge < -0.3 is 15.6 Å². The second-order valence-electron chi connectivity index (χ2n) is 6.86. The van der Waals surface area contributed by atoms with Gasteiger partial charge in [0.1, 0.15) is 5.69 Å². The molecule has 1 aliphatic rings. The van der Waals surface area contributed by atoms with Crippen LogP contribution in [-0.2, 0) is 0 Å². The monoisotopic (exact) mass is 347 g/mol. The molecule has 4 aromatic rings. The van der Waals surface area contributed by atoms with E-state index < -0.39 is 0 Å². The first-order valence-electron chi connectivity index (χ1n) is 9.06. The summed E-state index contributed by atoms with van der Waals surface area (Å²) < 4.78 is 1.82. The number of rotatable bonds is 3. The minimum Gasteiger partial charge on any atom is -0.379 e. The minimum absolute atomic E-state index is 0.440. The first kappa shape index (κ1) is 15.3. The summed E-state index contributed by atoms with van der Waals surface area (Å²) in [5.41, 5.74) is 4.75. The standard InChI is InChI=1S/C19H21N7/c1-12-23-24-19-18(21-14-6-8-20-9-7-14)11-17(25-26(12)19)16-10-13-4-2-3-5-15(13)22-16/h2-5,10-11,14,20-22H,6-9H2,1H3. The van der Waals surface area contributed by atoms with Crippen LogP contribution in [0.25, 0.3) is 27.9 Å². The molecule has 0 amide bonds. The predicted octanol–water partition coefficient (Wildman–Crippen LogP) is 2.74. The van der Waals surface area contributed by atoms with Crippen LogP contribution in [0.3, 0.4) is 0 Å². The van der Waals surface area contributed by atoms with Crippen LogP contribution >= 0.6 is 0 Å². The number of hydrogen-bond acceptors (Lipinski definition) is 5. The number of nitrogens with one attached hydrogen (secondary N) is 3. The van der Waals surface area contributed by atoms with Gasteiger partial charge >= 0.3 is 0 Å². The molecule has 3 N–H and O–H groups in total. The number of aryl methyl sites for hydroxylation is 1. The fourth-order valence-corrected chi connectivity index (χ4v) is 3.62. The van der Waals surface area contributed by atoms with E-state index in [0.717, 1.165) is 60.0 Å². The van der Waals surface area contributed by atoms with Crippen molar-refractivity contribution in [3.05, 3.63) is 42.2 Å². The van der Waals surface area contributed by atoms with Crippen molar-refractivity contribution in [2.45, 2.75) is 25.8 Å². The second kappa shape index (κ2) is 6.10. The third-order valence-corrected chi connectivity index (χ3v) is 5.03. The Morgan fingerprint density at radius 3 is 2.81 bits per heavy atom. The minimum atomic E-state index is 0.440.